The number of hydrogen-bond acceptors (Lipinski definition) is 4. The lowest BCUT2D eigenvalue weighted by molar-refractivity contribution is 0.0954. The highest BCUT2D eigenvalue weighted by atomic mass is 32.1. The van der Waals surface area contributed by atoms with Gasteiger partial charge in [-0.25, -0.2) is 4.98 Å². The number of hydrogen-bond donors (Lipinski definition) is 1. The molecule has 0 aliphatic rings. The second kappa shape index (κ2) is 7.94. The Hall–Kier alpha value is -2.66. The zero-order valence-corrected chi connectivity index (χ0v) is 15.1. The number of carbonyl (C=O) groups is 1. The normalized spacial score (nSPS) is 10.5. The third kappa shape index (κ3) is 4.45. The highest BCUT2D eigenvalue weighted by molar-refractivity contribution is 7.09. The van der Waals surface area contributed by atoms with Gasteiger partial charge in [0.1, 0.15) is 5.75 Å². The molecule has 3 rings (SSSR count). The van der Waals surface area contributed by atoms with Crippen molar-refractivity contribution in [3.8, 4) is 17.0 Å². The third-order valence-corrected chi connectivity index (χ3v) is 4.69. The van der Waals surface area contributed by atoms with Crippen molar-refractivity contribution >= 4 is 17.2 Å². The molecular formula is C20H20N2O2S. The quantitative estimate of drug-likeness (QED) is 0.727. The summed E-state index contributed by atoms with van der Waals surface area (Å²) in [6, 6.07) is 15.4. The number of aryl methyl sites for hydroxylation is 1. The van der Waals surface area contributed by atoms with Crippen LogP contribution in [0.2, 0.25) is 0 Å². The summed E-state index contributed by atoms with van der Waals surface area (Å²) in [4.78, 5) is 16.7. The van der Waals surface area contributed by atoms with Gasteiger partial charge in [0.2, 0.25) is 0 Å². The Balaban J connectivity index is 1.54. The summed E-state index contributed by atoms with van der Waals surface area (Å²) in [5, 5.41) is 6.02. The van der Waals surface area contributed by atoms with E-state index in [1.165, 1.54) is 0 Å². The summed E-state index contributed by atoms with van der Waals surface area (Å²) in [6.07, 6.45) is 0.784. The minimum Gasteiger partial charge on any atom is -0.497 e. The largest absolute Gasteiger partial charge is 0.497 e. The molecule has 1 N–H and O–H groups in total. The number of benzene rings is 2. The zero-order chi connectivity index (χ0) is 17.6. The molecule has 0 fully saturated rings. The number of amides is 1. The van der Waals surface area contributed by atoms with Crippen molar-refractivity contribution in [3.63, 3.8) is 0 Å². The molecule has 4 nitrogen and oxygen atoms in total. The van der Waals surface area contributed by atoms with E-state index >= 15 is 0 Å². The zero-order valence-electron chi connectivity index (χ0n) is 14.3. The monoisotopic (exact) mass is 352 g/mol. The lowest BCUT2D eigenvalue weighted by Gasteiger charge is -2.07. The topological polar surface area (TPSA) is 51.2 Å². The average molecular weight is 352 g/mol. The van der Waals surface area contributed by atoms with Crippen LogP contribution in [0.4, 0.5) is 0 Å². The van der Waals surface area contributed by atoms with E-state index in [0.29, 0.717) is 12.1 Å². The summed E-state index contributed by atoms with van der Waals surface area (Å²) >= 11 is 1.62. The van der Waals surface area contributed by atoms with Gasteiger partial charge in [-0.05, 0) is 43.2 Å². The molecule has 3 aromatic rings. The SMILES string of the molecule is COc1ccc(CCNC(=O)c2ccc(-c3csc(C)n3)cc2)cc1. The van der Waals surface area contributed by atoms with E-state index in [1.54, 1.807) is 18.4 Å². The fourth-order valence-electron chi connectivity index (χ4n) is 2.50. The van der Waals surface area contributed by atoms with Crippen LogP contribution in [0.1, 0.15) is 20.9 Å². The molecular weight excluding hydrogens is 332 g/mol. The van der Waals surface area contributed by atoms with Crippen LogP contribution in [0.3, 0.4) is 0 Å². The molecule has 0 bridgehead atoms. The average Bonchev–Trinajstić information content (AvgIpc) is 3.09. The van der Waals surface area contributed by atoms with E-state index in [0.717, 1.165) is 34.0 Å². The Kier molecular flexibility index (Phi) is 5.46. The van der Waals surface area contributed by atoms with Gasteiger partial charge in [0.15, 0.2) is 0 Å². The molecule has 0 radical (unpaired) electrons. The van der Waals surface area contributed by atoms with Gasteiger partial charge < -0.3 is 10.1 Å². The van der Waals surface area contributed by atoms with Crippen molar-refractivity contribution in [2.24, 2.45) is 0 Å². The van der Waals surface area contributed by atoms with Gasteiger partial charge in [-0.1, -0.05) is 24.3 Å². The van der Waals surface area contributed by atoms with Crippen molar-refractivity contribution in [2.45, 2.75) is 13.3 Å². The molecule has 0 aliphatic carbocycles. The fraction of sp³-hybridized carbons (Fsp3) is 0.200. The van der Waals surface area contributed by atoms with E-state index in [4.69, 9.17) is 4.74 Å². The third-order valence-electron chi connectivity index (χ3n) is 3.92. The predicted octanol–water partition coefficient (Wildman–Crippen LogP) is 4.10. The van der Waals surface area contributed by atoms with Crippen LogP contribution >= 0.6 is 11.3 Å². The molecule has 1 amide bonds. The van der Waals surface area contributed by atoms with Crippen LogP contribution in [0.5, 0.6) is 5.75 Å². The molecule has 25 heavy (non-hydrogen) atoms. The number of thiazole rings is 1. The standard InChI is InChI=1S/C20H20N2O2S/c1-14-22-19(13-25-14)16-5-7-17(8-6-16)20(23)21-12-11-15-3-9-18(24-2)10-4-15/h3-10,13H,11-12H2,1-2H3,(H,21,23). The predicted molar refractivity (Wildman–Crippen MR) is 101 cm³/mol. The maximum atomic E-state index is 12.2. The molecule has 1 heterocycles. The molecule has 0 unspecified atom stereocenters. The molecule has 5 heteroatoms. The second-order valence-corrected chi connectivity index (χ2v) is 6.75. The van der Waals surface area contributed by atoms with Crippen molar-refractivity contribution < 1.29 is 9.53 Å². The van der Waals surface area contributed by atoms with Gasteiger partial charge in [-0.2, -0.15) is 0 Å². The number of nitrogens with one attached hydrogen (secondary N) is 1. The summed E-state index contributed by atoms with van der Waals surface area (Å²) < 4.78 is 5.14. The first kappa shape index (κ1) is 17.2. The van der Waals surface area contributed by atoms with Crippen LogP contribution < -0.4 is 10.1 Å². The van der Waals surface area contributed by atoms with Crippen LogP contribution in [0.25, 0.3) is 11.3 Å². The van der Waals surface area contributed by atoms with Crippen molar-refractivity contribution in [3.05, 3.63) is 70.0 Å². The van der Waals surface area contributed by atoms with Crippen LogP contribution in [-0.2, 0) is 6.42 Å². The number of nitrogens with zero attached hydrogens (tertiary/aromatic N) is 1. The lowest BCUT2D eigenvalue weighted by atomic mass is 10.1. The van der Waals surface area contributed by atoms with Gasteiger partial charge in [-0.15, -0.1) is 11.3 Å². The van der Waals surface area contributed by atoms with E-state index in [2.05, 4.69) is 10.3 Å². The van der Waals surface area contributed by atoms with Gasteiger partial charge in [0.25, 0.3) is 5.91 Å². The summed E-state index contributed by atoms with van der Waals surface area (Å²) in [5.74, 6) is 0.776. The summed E-state index contributed by atoms with van der Waals surface area (Å²) in [7, 11) is 1.65. The molecule has 0 spiro atoms. The first-order chi connectivity index (χ1) is 12.2. The van der Waals surface area contributed by atoms with Crippen molar-refractivity contribution in [2.75, 3.05) is 13.7 Å². The molecule has 2 aromatic carbocycles. The maximum absolute atomic E-state index is 12.2. The maximum Gasteiger partial charge on any atom is 0.251 e. The molecule has 0 aliphatic heterocycles. The van der Waals surface area contributed by atoms with E-state index in [-0.39, 0.29) is 5.91 Å². The van der Waals surface area contributed by atoms with Crippen molar-refractivity contribution in [1.82, 2.24) is 10.3 Å². The van der Waals surface area contributed by atoms with Crippen molar-refractivity contribution in [1.29, 1.82) is 0 Å². The smallest absolute Gasteiger partial charge is 0.251 e. The van der Waals surface area contributed by atoms with Gasteiger partial charge in [0, 0.05) is 23.1 Å². The molecule has 0 saturated carbocycles. The van der Waals surface area contributed by atoms with E-state index in [9.17, 15) is 4.79 Å². The number of ether oxygens (including phenoxy) is 1. The summed E-state index contributed by atoms with van der Waals surface area (Å²) in [5.41, 5.74) is 3.80. The van der Waals surface area contributed by atoms with Gasteiger partial charge >= 0.3 is 0 Å². The highest BCUT2D eigenvalue weighted by Crippen LogP contribution is 2.21. The Morgan fingerprint density at radius 1 is 1.12 bits per heavy atom. The van der Waals surface area contributed by atoms with Gasteiger partial charge in [0.05, 0.1) is 17.8 Å². The first-order valence-corrected chi connectivity index (χ1v) is 8.97. The number of aromatic nitrogens is 1. The Labute approximate surface area is 151 Å². The summed E-state index contributed by atoms with van der Waals surface area (Å²) in [6.45, 7) is 2.58. The van der Waals surface area contributed by atoms with Gasteiger partial charge in [-0.3, -0.25) is 4.79 Å². The fourth-order valence-corrected chi connectivity index (χ4v) is 3.13. The molecule has 0 atom stereocenters. The highest BCUT2D eigenvalue weighted by Gasteiger charge is 2.07. The lowest BCUT2D eigenvalue weighted by Crippen LogP contribution is -2.25. The Morgan fingerprint density at radius 2 is 1.84 bits per heavy atom. The molecule has 128 valence electrons. The van der Waals surface area contributed by atoms with Crippen LogP contribution in [-0.4, -0.2) is 24.5 Å². The van der Waals surface area contributed by atoms with Crippen LogP contribution in [0, 0.1) is 6.92 Å². The molecule has 1 aromatic heterocycles. The van der Waals surface area contributed by atoms with E-state index in [1.807, 2.05) is 60.8 Å². The minimum atomic E-state index is -0.0606. The Bertz CT molecular complexity index is 839. The van der Waals surface area contributed by atoms with Crippen LogP contribution in [0.15, 0.2) is 53.9 Å². The number of rotatable bonds is 6. The molecule has 0 saturated heterocycles. The van der Waals surface area contributed by atoms with E-state index < -0.39 is 0 Å². The Morgan fingerprint density at radius 3 is 2.44 bits per heavy atom. The first-order valence-electron chi connectivity index (χ1n) is 8.09. The minimum absolute atomic E-state index is 0.0606. The second-order valence-electron chi connectivity index (χ2n) is 5.68. The number of carbonyl (C=O) groups excluding carboxylic acids is 1. The number of methoxy groups -OCH3 is 1.